The third-order valence-corrected chi connectivity index (χ3v) is 7.74. The molecule has 1 heterocycles. The minimum absolute atomic E-state index is 0.0101. The van der Waals surface area contributed by atoms with E-state index >= 15 is 0 Å². The van der Waals surface area contributed by atoms with Gasteiger partial charge in [-0.05, 0) is 34.8 Å². The van der Waals surface area contributed by atoms with Gasteiger partial charge in [0, 0.05) is 13.1 Å². The fourth-order valence-corrected chi connectivity index (χ4v) is 4.79. The van der Waals surface area contributed by atoms with Crippen LogP contribution in [-0.2, 0) is 12.8 Å². The second-order valence-electron chi connectivity index (χ2n) is 12.8. The molecule has 0 aromatic heterocycles. The molecule has 2 amide bonds. The van der Waals surface area contributed by atoms with E-state index in [1.54, 1.807) is 0 Å². The van der Waals surface area contributed by atoms with Crippen molar-refractivity contribution in [2.24, 2.45) is 10.8 Å². The lowest BCUT2D eigenvalue weighted by atomic mass is 9.87. The van der Waals surface area contributed by atoms with Crippen molar-refractivity contribution in [3.8, 4) is 0 Å². The van der Waals surface area contributed by atoms with Gasteiger partial charge in [0.2, 0.25) is 0 Å². The van der Waals surface area contributed by atoms with Crippen molar-refractivity contribution < 1.29 is 25.2 Å². The maximum Gasteiger partial charge on any atom is 0.320 e. The highest BCUT2D eigenvalue weighted by atomic mass is 16.3. The van der Waals surface area contributed by atoms with E-state index in [2.05, 4.69) is 0 Å². The summed E-state index contributed by atoms with van der Waals surface area (Å²) >= 11 is 0. The average molecular weight is 527 g/mol. The largest absolute Gasteiger partial charge is 0.391 e. The number of β-amino-alcohol motifs (C(OH)–C–C–N with tert-alkyl or cyclic N) is 2. The first-order valence-electron chi connectivity index (χ1n) is 13.6. The van der Waals surface area contributed by atoms with E-state index in [9.17, 15) is 25.2 Å². The normalized spacial score (nSPS) is 24.7. The maximum atomic E-state index is 14.4. The van der Waals surface area contributed by atoms with Crippen LogP contribution in [0.2, 0.25) is 0 Å². The average Bonchev–Trinajstić information content (AvgIpc) is 2.91. The number of rotatable bonds is 8. The summed E-state index contributed by atoms with van der Waals surface area (Å²) in [7, 11) is 0. The first-order valence-corrected chi connectivity index (χ1v) is 13.6. The van der Waals surface area contributed by atoms with E-state index in [1.165, 1.54) is 9.80 Å². The van der Waals surface area contributed by atoms with E-state index in [-0.39, 0.29) is 13.1 Å². The maximum absolute atomic E-state index is 14.4. The van der Waals surface area contributed by atoms with Crippen molar-refractivity contribution in [3.63, 3.8) is 0 Å². The standard InChI is InChI=1S/C31H46N2O5/c1-30(2,3)25(34)19-32-23(17-21-13-9-7-10-14-21)27(36)28(37)24(18-22-15-11-8-12-16-22)33(29(32)38)20-26(35)31(4,5)6/h7-16,23-28,34-37H,17-20H2,1-6H3/t23-,24-,25?,26?,27+,28+/m1/s1. The van der Waals surface area contributed by atoms with Crippen molar-refractivity contribution in [2.45, 2.75) is 90.9 Å². The van der Waals surface area contributed by atoms with Gasteiger partial charge in [-0.2, -0.15) is 0 Å². The Labute approximate surface area is 227 Å². The van der Waals surface area contributed by atoms with Crippen LogP contribution >= 0.6 is 0 Å². The molecular weight excluding hydrogens is 480 g/mol. The number of carbonyl (C=O) groups excluding carboxylic acids is 1. The monoisotopic (exact) mass is 526 g/mol. The number of carbonyl (C=O) groups is 1. The zero-order chi connectivity index (χ0) is 28.3. The molecule has 7 heteroatoms. The summed E-state index contributed by atoms with van der Waals surface area (Å²) in [6.07, 6.45) is -3.64. The summed E-state index contributed by atoms with van der Waals surface area (Å²) in [6.45, 7) is 11.4. The lowest BCUT2D eigenvalue weighted by molar-refractivity contribution is -0.0512. The van der Waals surface area contributed by atoms with Crippen LogP contribution in [0.5, 0.6) is 0 Å². The predicted molar refractivity (Wildman–Crippen MR) is 150 cm³/mol. The summed E-state index contributed by atoms with van der Waals surface area (Å²) in [6, 6.07) is 17.2. The molecule has 38 heavy (non-hydrogen) atoms. The van der Waals surface area contributed by atoms with E-state index < -0.39 is 53.4 Å². The van der Waals surface area contributed by atoms with E-state index in [4.69, 9.17) is 0 Å². The predicted octanol–water partition coefficient (Wildman–Crippen LogP) is 3.48. The molecule has 0 aliphatic carbocycles. The molecule has 0 spiro atoms. The van der Waals surface area contributed by atoms with Crippen molar-refractivity contribution in [3.05, 3.63) is 71.8 Å². The second kappa shape index (κ2) is 12.2. The van der Waals surface area contributed by atoms with Crippen LogP contribution in [0, 0.1) is 10.8 Å². The number of benzene rings is 2. The van der Waals surface area contributed by atoms with Crippen LogP contribution in [-0.4, -0.2) is 85.8 Å². The van der Waals surface area contributed by atoms with Gasteiger partial charge in [-0.1, -0.05) is 102 Å². The fourth-order valence-electron chi connectivity index (χ4n) is 4.79. The quantitative estimate of drug-likeness (QED) is 0.422. The zero-order valence-electron chi connectivity index (χ0n) is 23.7. The molecule has 2 aromatic rings. The zero-order valence-corrected chi connectivity index (χ0v) is 23.7. The molecule has 6 atom stereocenters. The molecule has 210 valence electrons. The van der Waals surface area contributed by atoms with Gasteiger partial charge in [0.05, 0.1) is 24.3 Å². The van der Waals surface area contributed by atoms with Gasteiger partial charge in [-0.15, -0.1) is 0 Å². The highest BCUT2D eigenvalue weighted by Crippen LogP contribution is 2.31. The van der Waals surface area contributed by atoms with Crippen molar-refractivity contribution in [1.29, 1.82) is 0 Å². The van der Waals surface area contributed by atoms with Gasteiger partial charge in [0.15, 0.2) is 0 Å². The van der Waals surface area contributed by atoms with Gasteiger partial charge in [0.25, 0.3) is 0 Å². The SMILES string of the molecule is CC(C)(C)C(O)CN1C(=O)N(CC(O)C(C)(C)C)[C@H](Cc2ccccc2)[C@H](O)[C@@H](O)[C@H]1Cc1ccccc1. The van der Waals surface area contributed by atoms with Crippen molar-refractivity contribution in [2.75, 3.05) is 13.1 Å². The third kappa shape index (κ3) is 7.35. The summed E-state index contributed by atoms with van der Waals surface area (Å²) in [5, 5.41) is 45.4. The van der Waals surface area contributed by atoms with E-state index in [0.29, 0.717) is 12.8 Å². The highest BCUT2D eigenvalue weighted by Gasteiger charge is 2.48. The van der Waals surface area contributed by atoms with Gasteiger partial charge in [-0.3, -0.25) is 0 Å². The van der Waals surface area contributed by atoms with Gasteiger partial charge >= 0.3 is 6.03 Å². The number of aliphatic hydroxyl groups is 4. The summed E-state index contributed by atoms with van der Waals surface area (Å²) in [5.74, 6) is 0. The minimum atomic E-state index is -1.27. The molecule has 1 aliphatic rings. The molecule has 1 aliphatic heterocycles. The molecular formula is C31H46N2O5. The molecule has 1 saturated heterocycles. The Morgan fingerprint density at radius 3 is 1.26 bits per heavy atom. The molecule has 4 N–H and O–H groups in total. The van der Waals surface area contributed by atoms with Crippen molar-refractivity contribution in [1.82, 2.24) is 9.80 Å². The highest BCUT2D eigenvalue weighted by molar-refractivity contribution is 5.76. The lowest BCUT2D eigenvalue weighted by Crippen LogP contribution is -2.56. The first-order chi connectivity index (χ1) is 17.7. The molecule has 7 nitrogen and oxygen atoms in total. The van der Waals surface area contributed by atoms with Crippen LogP contribution in [0.25, 0.3) is 0 Å². The number of hydrogen-bond donors (Lipinski definition) is 4. The molecule has 2 aromatic carbocycles. The number of aliphatic hydroxyl groups excluding tert-OH is 4. The number of amides is 2. The smallest absolute Gasteiger partial charge is 0.320 e. The Morgan fingerprint density at radius 2 is 0.974 bits per heavy atom. The number of hydrogen-bond acceptors (Lipinski definition) is 5. The van der Waals surface area contributed by atoms with Crippen LogP contribution in [0.15, 0.2) is 60.7 Å². The molecule has 0 bridgehead atoms. The lowest BCUT2D eigenvalue weighted by Gasteiger charge is -2.40. The first kappa shape index (κ1) is 30.1. The molecule has 0 radical (unpaired) electrons. The van der Waals surface area contributed by atoms with Crippen LogP contribution < -0.4 is 0 Å². The Balaban J connectivity index is 2.10. The third-order valence-electron chi connectivity index (χ3n) is 7.74. The minimum Gasteiger partial charge on any atom is -0.391 e. The number of urea groups is 1. The number of nitrogens with zero attached hydrogens (tertiary/aromatic N) is 2. The Kier molecular flexibility index (Phi) is 9.63. The van der Waals surface area contributed by atoms with E-state index in [0.717, 1.165) is 11.1 Å². The van der Waals surface area contributed by atoms with Crippen LogP contribution in [0.4, 0.5) is 4.79 Å². The summed E-state index contributed by atoms with van der Waals surface area (Å²) in [4.78, 5) is 17.4. The van der Waals surface area contributed by atoms with E-state index in [1.807, 2.05) is 102 Å². The van der Waals surface area contributed by atoms with Gasteiger partial charge < -0.3 is 30.2 Å². The molecule has 2 unspecified atom stereocenters. The van der Waals surface area contributed by atoms with Gasteiger partial charge in [-0.25, -0.2) is 4.79 Å². The Hall–Kier alpha value is -2.45. The molecule has 0 saturated carbocycles. The molecule has 1 fully saturated rings. The van der Waals surface area contributed by atoms with Crippen LogP contribution in [0.1, 0.15) is 52.7 Å². The van der Waals surface area contributed by atoms with Crippen LogP contribution in [0.3, 0.4) is 0 Å². The fraction of sp³-hybridized carbons (Fsp3) is 0.581. The topological polar surface area (TPSA) is 104 Å². The molecule has 3 rings (SSSR count). The van der Waals surface area contributed by atoms with Gasteiger partial charge in [0.1, 0.15) is 12.2 Å². The second-order valence-corrected chi connectivity index (χ2v) is 12.8. The Morgan fingerprint density at radius 1 is 0.658 bits per heavy atom. The summed E-state index contributed by atoms with van der Waals surface area (Å²) < 4.78 is 0. The summed E-state index contributed by atoms with van der Waals surface area (Å²) in [5.41, 5.74) is 0.809. The Bertz CT molecular complexity index is 937. The van der Waals surface area contributed by atoms with Crippen molar-refractivity contribution >= 4 is 6.03 Å².